The number of rotatable bonds is 6. The Morgan fingerprint density at radius 2 is 1.78 bits per heavy atom. The van der Waals surface area contributed by atoms with Gasteiger partial charge in [-0.2, -0.15) is 5.10 Å². The molecule has 0 fully saturated rings. The van der Waals surface area contributed by atoms with Crippen LogP contribution >= 0.6 is 0 Å². The average molecular weight is 439 g/mol. The standard InChI is InChI=1S/C24H30N4O4/c1-23(2,3)19-14-20(28(27-19)24(4,5)6)26-21(29)15-32-17-10-7-9-16(13-17)25-22(30)18-11-8-12-31-18/h7-14H,15H2,1-6H3,(H,25,30)(H,26,29). The third kappa shape index (κ3) is 5.78. The van der Waals surface area contributed by atoms with Crippen LogP contribution < -0.4 is 15.4 Å². The summed E-state index contributed by atoms with van der Waals surface area (Å²) < 4.78 is 12.5. The van der Waals surface area contributed by atoms with Gasteiger partial charge in [0.1, 0.15) is 11.6 Å². The summed E-state index contributed by atoms with van der Waals surface area (Å²) in [5.74, 6) is 0.615. The number of hydrogen-bond donors (Lipinski definition) is 2. The summed E-state index contributed by atoms with van der Waals surface area (Å²) in [4.78, 5) is 24.7. The number of furan rings is 1. The quantitative estimate of drug-likeness (QED) is 0.576. The van der Waals surface area contributed by atoms with E-state index in [-0.39, 0.29) is 35.1 Å². The van der Waals surface area contributed by atoms with Crippen molar-refractivity contribution in [2.75, 3.05) is 17.2 Å². The summed E-state index contributed by atoms with van der Waals surface area (Å²) >= 11 is 0. The van der Waals surface area contributed by atoms with Gasteiger partial charge in [-0.1, -0.05) is 26.8 Å². The number of amides is 2. The normalized spacial score (nSPS) is 11.8. The van der Waals surface area contributed by atoms with Crippen LogP contribution in [0.15, 0.2) is 53.1 Å². The molecule has 0 aliphatic rings. The zero-order valence-electron chi connectivity index (χ0n) is 19.4. The second kappa shape index (κ2) is 8.90. The summed E-state index contributed by atoms with van der Waals surface area (Å²) in [6.45, 7) is 12.1. The third-order valence-electron chi connectivity index (χ3n) is 4.59. The van der Waals surface area contributed by atoms with E-state index in [0.29, 0.717) is 17.3 Å². The lowest BCUT2D eigenvalue weighted by Gasteiger charge is -2.23. The lowest BCUT2D eigenvalue weighted by atomic mass is 9.92. The molecule has 2 N–H and O–H groups in total. The lowest BCUT2D eigenvalue weighted by Crippen LogP contribution is -2.28. The molecule has 0 atom stereocenters. The van der Waals surface area contributed by atoms with Crippen LogP contribution in [0.2, 0.25) is 0 Å². The zero-order chi connectivity index (χ0) is 23.5. The molecule has 170 valence electrons. The Morgan fingerprint density at radius 3 is 2.41 bits per heavy atom. The predicted octanol–water partition coefficient (Wildman–Crippen LogP) is 4.80. The second-order valence-electron chi connectivity index (χ2n) is 9.54. The summed E-state index contributed by atoms with van der Waals surface area (Å²) in [7, 11) is 0. The van der Waals surface area contributed by atoms with Gasteiger partial charge in [0.15, 0.2) is 12.4 Å². The molecule has 32 heavy (non-hydrogen) atoms. The van der Waals surface area contributed by atoms with E-state index in [9.17, 15) is 9.59 Å². The first-order chi connectivity index (χ1) is 14.9. The molecule has 0 saturated heterocycles. The molecule has 0 aliphatic heterocycles. The Balaban J connectivity index is 1.64. The molecule has 0 saturated carbocycles. The van der Waals surface area contributed by atoms with Gasteiger partial charge in [-0.3, -0.25) is 9.59 Å². The maximum absolute atomic E-state index is 12.6. The summed E-state index contributed by atoms with van der Waals surface area (Å²) in [6.07, 6.45) is 1.43. The minimum absolute atomic E-state index is 0.146. The van der Waals surface area contributed by atoms with Crippen molar-refractivity contribution in [2.45, 2.75) is 52.5 Å². The van der Waals surface area contributed by atoms with E-state index in [2.05, 4.69) is 31.4 Å². The van der Waals surface area contributed by atoms with Crippen LogP contribution in [0.3, 0.4) is 0 Å². The fourth-order valence-corrected chi connectivity index (χ4v) is 2.94. The molecule has 1 aromatic carbocycles. The number of carbonyl (C=O) groups is 2. The molecule has 2 aromatic heterocycles. The first-order valence-electron chi connectivity index (χ1n) is 10.4. The molecule has 2 amide bonds. The molecule has 8 heteroatoms. The highest BCUT2D eigenvalue weighted by Crippen LogP contribution is 2.28. The van der Waals surface area contributed by atoms with Gasteiger partial charge in [-0.05, 0) is 45.0 Å². The fourth-order valence-electron chi connectivity index (χ4n) is 2.94. The Kier molecular flexibility index (Phi) is 6.43. The summed E-state index contributed by atoms with van der Waals surface area (Å²) in [5.41, 5.74) is 0.981. The van der Waals surface area contributed by atoms with Crippen LogP contribution in [0.1, 0.15) is 57.8 Å². The van der Waals surface area contributed by atoms with E-state index in [0.717, 1.165) is 5.69 Å². The highest BCUT2D eigenvalue weighted by atomic mass is 16.5. The first-order valence-corrected chi connectivity index (χ1v) is 10.4. The number of aromatic nitrogens is 2. The third-order valence-corrected chi connectivity index (χ3v) is 4.59. The van der Waals surface area contributed by atoms with Crippen molar-refractivity contribution in [1.82, 2.24) is 9.78 Å². The Hall–Kier alpha value is -3.55. The van der Waals surface area contributed by atoms with Crippen LogP contribution in [-0.2, 0) is 15.7 Å². The highest BCUT2D eigenvalue weighted by molar-refractivity contribution is 6.02. The van der Waals surface area contributed by atoms with Crippen LogP contribution in [0.5, 0.6) is 5.75 Å². The van der Waals surface area contributed by atoms with Crippen LogP contribution in [0.4, 0.5) is 11.5 Å². The van der Waals surface area contributed by atoms with Gasteiger partial charge in [0.25, 0.3) is 11.8 Å². The van der Waals surface area contributed by atoms with Crippen molar-refractivity contribution >= 4 is 23.3 Å². The molecule has 3 rings (SSSR count). The zero-order valence-corrected chi connectivity index (χ0v) is 19.4. The Labute approximate surface area is 187 Å². The summed E-state index contributed by atoms with van der Waals surface area (Å²) in [6, 6.07) is 11.9. The maximum Gasteiger partial charge on any atom is 0.291 e. The second-order valence-corrected chi connectivity index (χ2v) is 9.54. The molecule has 0 spiro atoms. The predicted molar refractivity (Wildman–Crippen MR) is 123 cm³/mol. The number of hydrogen-bond acceptors (Lipinski definition) is 5. The van der Waals surface area contributed by atoms with Crippen LogP contribution in [0, 0.1) is 0 Å². The van der Waals surface area contributed by atoms with Gasteiger partial charge in [0.2, 0.25) is 0 Å². The van der Waals surface area contributed by atoms with Gasteiger partial charge < -0.3 is 19.8 Å². The minimum atomic E-state index is -0.366. The molecule has 8 nitrogen and oxygen atoms in total. The van der Waals surface area contributed by atoms with Gasteiger partial charge in [0, 0.05) is 23.2 Å². The largest absolute Gasteiger partial charge is 0.484 e. The summed E-state index contributed by atoms with van der Waals surface area (Å²) in [5, 5.41) is 10.3. The number of nitrogens with one attached hydrogen (secondary N) is 2. The van der Waals surface area contributed by atoms with Crippen molar-refractivity contribution in [3.05, 3.63) is 60.2 Å². The van der Waals surface area contributed by atoms with Crippen LogP contribution in [-0.4, -0.2) is 28.2 Å². The van der Waals surface area contributed by atoms with Gasteiger partial charge in [0.05, 0.1) is 17.5 Å². The van der Waals surface area contributed by atoms with Crippen molar-refractivity contribution in [1.29, 1.82) is 0 Å². The monoisotopic (exact) mass is 438 g/mol. The molecule has 0 radical (unpaired) electrons. The van der Waals surface area contributed by atoms with Crippen molar-refractivity contribution in [3.63, 3.8) is 0 Å². The molecule has 0 aliphatic carbocycles. The van der Waals surface area contributed by atoms with E-state index in [4.69, 9.17) is 14.3 Å². The van der Waals surface area contributed by atoms with Crippen LogP contribution in [0.25, 0.3) is 0 Å². The molecule has 0 unspecified atom stereocenters. The molecule has 3 aromatic rings. The van der Waals surface area contributed by atoms with E-state index in [1.165, 1.54) is 6.26 Å². The van der Waals surface area contributed by atoms with Crippen molar-refractivity contribution < 1.29 is 18.7 Å². The smallest absolute Gasteiger partial charge is 0.291 e. The first kappa shape index (κ1) is 23.1. The topological polar surface area (TPSA) is 98.4 Å². The van der Waals surface area contributed by atoms with E-state index in [1.54, 1.807) is 36.4 Å². The van der Waals surface area contributed by atoms with E-state index >= 15 is 0 Å². The number of benzene rings is 1. The highest BCUT2D eigenvalue weighted by Gasteiger charge is 2.25. The number of carbonyl (C=O) groups excluding carboxylic acids is 2. The Morgan fingerprint density at radius 1 is 1.03 bits per heavy atom. The van der Waals surface area contributed by atoms with E-state index < -0.39 is 0 Å². The van der Waals surface area contributed by atoms with Gasteiger partial charge in [-0.15, -0.1) is 0 Å². The van der Waals surface area contributed by atoms with Crippen molar-refractivity contribution in [3.8, 4) is 5.75 Å². The number of nitrogens with zero attached hydrogens (tertiary/aromatic N) is 2. The van der Waals surface area contributed by atoms with Crippen molar-refractivity contribution in [2.24, 2.45) is 0 Å². The number of anilines is 2. The lowest BCUT2D eigenvalue weighted by molar-refractivity contribution is -0.118. The average Bonchev–Trinajstić information content (AvgIpc) is 3.36. The van der Waals surface area contributed by atoms with Gasteiger partial charge >= 0.3 is 0 Å². The van der Waals surface area contributed by atoms with E-state index in [1.807, 2.05) is 31.5 Å². The molecular weight excluding hydrogens is 408 g/mol. The molecular formula is C24H30N4O4. The number of ether oxygens (including phenoxy) is 1. The van der Waals surface area contributed by atoms with Gasteiger partial charge in [-0.25, -0.2) is 4.68 Å². The Bertz CT molecular complexity index is 1090. The molecule has 0 bridgehead atoms. The molecule has 2 heterocycles. The SMILES string of the molecule is CC(C)(C)c1cc(NC(=O)COc2cccc(NC(=O)c3ccco3)c2)n(C(C)(C)C)n1. The minimum Gasteiger partial charge on any atom is -0.484 e. The maximum atomic E-state index is 12.6. The fraction of sp³-hybridized carbons (Fsp3) is 0.375.